The summed E-state index contributed by atoms with van der Waals surface area (Å²) in [5, 5.41) is 12.8. The molecule has 1 fully saturated rings. The average Bonchev–Trinajstić information content (AvgIpc) is 2.94. The Balaban J connectivity index is 1.87. The van der Waals surface area contributed by atoms with Gasteiger partial charge in [-0.15, -0.1) is 0 Å². The molecule has 0 bridgehead atoms. The molecule has 1 aromatic heterocycles. The second-order valence-electron chi connectivity index (χ2n) is 4.65. The molecule has 2 N–H and O–H groups in total. The quantitative estimate of drug-likeness (QED) is 0.796. The van der Waals surface area contributed by atoms with Gasteiger partial charge in [-0.1, -0.05) is 6.42 Å². The highest BCUT2D eigenvalue weighted by Crippen LogP contribution is 2.25. The third-order valence-electron chi connectivity index (χ3n) is 3.70. The summed E-state index contributed by atoms with van der Waals surface area (Å²) in [6, 6.07) is 4.77. The molecule has 0 spiro atoms. The van der Waals surface area contributed by atoms with Gasteiger partial charge in [0.15, 0.2) is 0 Å². The van der Waals surface area contributed by atoms with Crippen LogP contribution >= 0.6 is 0 Å². The molecule has 3 nitrogen and oxygen atoms in total. The summed E-state index contributed by atoms with van der Waals surface area (Å²) in [6.07, 6.45) is 5.74. The number of aryl methyl sites for hydroxylation is 1. The highest BCUT2D eigenvalue weighted by Gasteiger charge is 2.25. The van der Waals surface area contributed by atoms with E-state index in [1.807, 2.05) is 0 Å². The number of aliphatic hydroxyl groups is 1. The third-order valence-corrected chi connectivity index (χ3v) is 3.70. The number of hydrogen-bond acceptors (Lipinski definition) is 2. The van der Waals surface area contributed by atoms with Crippen LogP contribution in [0.1, 0.15) is 31.9 Å². The van der Waals surface area contributed by atoms with Crippen LogP contribution in [0.25, 0.3) is 0 Å². The molecule has 0 radical (unpaired) electrons. The van der Waals surface area contributed by atoms with Gasteiger partial charge in [-0.25, -0.2) is 0 Å². The maximum atomic E-state index is 9.25. The molecule has 0 aromatic carbocycles. The summed E-state index contributed by atoms with van der Waals surface area (Å²) in [6.45, 7) is 4.43. The molecular formula is C13H22N2O. The minimum absolute atomic E-state index is 0.326. The molecule has 0 aliphatic heterocycles. The zero-order valence-electron chi connectivity index (χ0n) is 10.0. The van der Waals surface area contributed by atoms with E-state index in [9.17, 15) is 5.11 Å². The number of nitrogens with zero attached hydrogens (tertiary/aromatic N) is 1. The molecule has 2 rings (SSSR count). The van der Waals surface area contributed by atoms with E-state index in [-0.39, 0.29) is 0 Å². The Hall–Kier alpha value is -0.800. The molecule has 3 heteroatoms. The zero-order valence-corrected chi connectivity index (χ0v) is 10.0. The van der Waals surface area contributed by atoms with Crippen LogP contribution in [0.15, 0.2) is 18.3 Å². The summed E-state index contributed by atoms with van der Waals surface area (Å²) >= 11 is 0. The molecule has 1 heterocycles. The number of hydrogen-bond donors (Lipinski definition) is 2. The fraction of sp³-hybridized carbons (Fsp3) is 0.692. The fourth-order valence-corrected chi connectivity index (χ4v) is 2.68. The van der Waals surface area contributed by atoms with Crippen molar-refractivity contribution in [1.29, 1.82) is 0 Å². The predicted molar refractivity (Wildman–Crippen MR) is 65.2 cm³/mol. The Labute approximate surface area is 97.5 Å². The van der Waals surface area contributed by atoms with Crippen molar-refractivity contribution in [3.05, 3.63) is 24.0 Å². The summed E-state index contributed by atoms with van der Waals surface area (Å²) in [7, 11) is 0. The molecule has 90 valence electrons. The highest BCUT2D eigenvalue weighted by molar-refractivity contribution is 5.07. The standard InChI is InChI=1S/C13H22N2O/c1-2-15-8-4-6-12(15)9-14-13-7-3-5-11(13)10-16/h4,6,8,11,13-14,16H,2-3,5,7,9-10H2,1H3. The summed E-state index contributed by atoms with van der Waals surface area (Å²) < 4.78 is 2.26. The van der Waals surface area contributed by atoms with E-state index in [1.54, 1.807) is 0 Å². The molecular weight excluding hydrogens is 200 g/mol. The van der Waals surface area contributed by atoms with E-state index in [0.717, 1.165) is 13.1 Å². The summed E-state index contributed by atoms with van der Waals surface area (Å²) in [5.41, 5.74) is 1.34. The second kappa shape index (κ2) is 5.51. The van der Waals surface area contributed by atoms with E-state index >= 15 is 0 Å². The Morgan fingerprint density at radius 3 is 3.12 bits per heavy atom. The SMILES string of the molecule is CCn1cccc1CNC1CCCC1CO. The number of aromatic nitrogens is 1. The summed E-state index contributed by atoms with van der Waals surface area (Å²) in [5.74, 6) is 0.463. The monoisotopic (exact) mass is 222 g/mol. The molecule has 0 saturated heterocycles. The van der Waals surface area contributed by atoms with Crippen LogP contribution < -0.4 is 5.32 Å². The normalized spacial score (nSPS) is 25.1. The van der Waals surface area contributed by atoms with Crippen molar-refractivity contribution >= 4 is 0 Å². The van der Waals surface area contributed by atoms with Crippen molar-refractivity contribution in [2.75, 3.05) is 6.61 Å². The van der Waals surface area contributed by atoms with Crippen molar-refractivity contribution in [2.24, 2.45) is 5.92 Å². The lowest BCUT2D eigenvalue weighted by molar-refractivity contribution is 0.204. The minimum Gasteiger partial charge on any atom is -0.396 e. The molecule has 1 aromatic rings. The maximum Gasteiger partial charge on any atom is 0.0474 e. The van der Waals surface area contributed by atoms with Crippen LogP contribution in [-0.2, 0) is 13.1 Å². The zero-order chi connectivity index (χ0) is 11.4. The number of aliphatic hydroxyl groups excluding tert-OH is 1. The van der Waals surface area contributed by atoms with Crippen molar-refractivity contribution in [3.8, 4) is 0 Å². The molecule has 1 aliphatic carbocycles. The smallest absolute Gasteiger partial charge is 0.0474 e. The predicted octanol–water partition coefficient (Wildman–Crippen LogP) is 1.76. The van der Waals surface area contributed by atoms with Crippen LogP contribution in [0.3, 0.4) is 0 Å². The molecule has 0 amide bonds. The third kappa shape index (κ3) is 2.47. The van der Waals surface area contributed by atoms with Gasteiger partial charge < -0.3 is 15.0 Å². The highest BCUT2D eigenvalue weighted by atomic mass is 16.3. The van der Waals surface area contributed by atoms with Crippen molar-refractivity contribution in [2.45, 2.75) is 45.3 Å². The first-order valence-corrected chi connectivity index (χ1v) is 6.33. The van der Waals surface area contributed by atoms with Crippen molar-refractivity contribution in [1.82, 2.24) is 9.88 Å². The molecule has 2 unspecified atom stereocenters. The minimum atomic E-state index is 0.326. The van der Waals surface area contributed by atoms with Gasteiger partial charge in [-0.3, -0.25) is 0 Å². The second-order valence-corrected chi connectivity index (χ2v) is 4.65. The van der Waals surface area contributed by atoms with Gasteiger partial charge in [0, 0.05) is 37.6 Å². The van der Waals surface area contributed by atoms with Crippen LogP contribution in [0.2, 0.25) is 0 Å². The first-order valence-electron chi connectivity index (χ1n) is 6.33. The lowest BCUT2D eigenvalue weighted by Crippen LogP contribution is -2.34. The van der Waals surface area contributed by atoms with Gasteiger partial charge in [-0.2, -0.15) is 0 Å². The van der Waals surface area contributed by atoms with Gasteiger partial charge in [-0.05, 0) is 37.8 Å². The Kier molecular flexibility index (Phi) is 4.02. The number of rotatable bonds is 5. The van der Waals surface area contributed by atoms with Gasteiger partial charge in [0.1, 0.15) is 0 Å². The van der Waals surface area contributed by atoms with Crippen LogP contribution in [0, 0.1) is 5.92 Å². The lowest BCUT2D eigenvalue weighted by Gasteiger charge is -2.19. The largest absolute Gasteiger partial charge is 0.396 e. The Morgan fingerprint density at radius 1 is 1.50 bits per heavy atom. The van der Waals surface area contributed by atoms with Gasteiger partial charge in [0.2, 0.25) is 0 Å². The maximum absolute atomic E-state index is 9.25. The van der Waals surface area contributed by atoms with E-state index in [4.69, 9.17) is 0 Å². The molecule has 16 heavy (non-hydrogen) atoms. The lowest BCUT2D eigenvalue weighted by atomic mass is 10.1. The van der Waals surface area contributed by atoms with E-state index in [0.29, 0.717) is 18.6 Å². The van der Waals surface area contributed by atoms with Crippen LogP contribution in [-0.4, -0.2) is 22.3 Å². The Morgan fingerprint density at radius 2 is 2.38 bits per heavy atom. The van der Waals surface area contributed by atoms with Crippen LogP contribution in [0.4, 0.5) is 0 Å². The van der Waals surface area contributed by atoms with E-state index in [1.165, 1.54) is 25.0 Å². The number of nitrogens with one attached hydrogen (secondary N) is 1. The van der Waals surface area contributed by atoms with Gasteiger partial charge in [0.05, 0.1) is 0 Å². The van der Waals surface area contributed by atoms with E-state index < -0.39 is 0 Å². The van der Waals surface area contributed by atoms with Gasteiger partial charge >= 0.3 is 0 Å². The van der Waals surface area contributed by atoms with Crippen molar-refractivity contribution in [3.63, 3.8) is 0 Å². The van der Waals surface area contributed by atoms with Crippen molar-refractivity contribution < 1.29 is 5.11 Å². The van der Waals surface area contributed by atoms with Crippen LogP contribution in [0.5, 0.6) is 0 Å². The average molecular weight is 222 g/mol. The first kappa shape index (κ1) is 11.7. The molecule has 1 aliphatic rings. The Bertz CT molecular complexity index is 321. The van der Waals surface area contributed by atoms with E-state index in [2.05, 4.69) is 35.1 Å². The summed E-state index contributed by atoms with van der Waals surface area (Å²) in [4.78, 5) is 0. The van der Waals surface area contributed by atoms with Gasteiger partial charge in [0.25, 0.3) is 0 Å². The molecule has 1 saturated carbocycles. The fourth-order valence-electron chi connectivity index (χ4n) is 2.68. The first-order chi connectivity index (χ1) is 7.85. The topological polar surface area (TPSA) is 37.2 Å². The molecule has 2 atom stereocenters.